The molecule has 0 saturated carbocycles. The summed E-state index contributed by atoms with van der Waals surface area (Å²) in [5, 5.41) is 1.13. The second-order valence-electron chi connectivity index (χ2n) is 6.82. The first-order valence-corrected chi connectivity index (χ1v) is 11.2. The molecule has 0 spiro atoms. The van der Waals surface area contributed by atoms with E-state index >= 15 is 0 Å². The standard InChI is InChI=1S/C24H21BrN2OS/c25-21-13-7-12-20-22(14-26-24(20)21)29-17-23(28)27(15-18-8-3-1-4-9-18)16-19-10-5-2-6-11-19/h1-14,26H,15-17H2. The quantitative estimate of drug-likeness (QED) is 0.328. The predicted molar refractivity (Wildman–Crippen MR) is 124 cm³/mol. The third-order valence-corrected chi connectivity index (χ3v) is 6.46. The molecule has 146 valence electrons. The minimum Gasteiger partial charge on any atom is -0.359 e. The van der Waals surface area contributed by atoms with Crippen molar-refractivity contribution in [2.24, 2.45) is 0 Å². The van der Waals surface area contributed by atoms with Gasteiger partial charge in [0, 0.05) is 34.0 Å². The average Bonchev–Trinajstić information content (AvgIpc) is 3.17. The summed E-state index contributed by atoms with van der Waals surface area (Å²) in [6.45, 7) is 1.21. The maximum Gasteiger partial charge on any atom is 0.233 e. The molecule has 1 N–H and O–H groups in total. The number of hydrogen-bond acceptors (Lipinski definition) is 2. The van der Waals surface area contributed by atoms with Crippen LogP contribution in [0, 0.1) is 0 Å². The summed E-state index contributed by atoms with van der Waals surface area (Å²) in [6, 6.07) is 26.4. The molecule has 0 aliphatic rings. The van der Waals surface area contributed by atoms with Crippen molar-refractivity contribution in [2.45, 2.75) is 18.0 Å². The monoisotopic (exact) mass is 464 g/mol. The molecule has 0 fully saturated rings. The van der Waals surface area contributed by atoms with Gasteiger partial charge >= 0.3 is 0 Å². The number of hydrogen-bond donors (Lipinski definition) is 1. The second-order valence-corrected chi connectivity index (χ2v) is 8.70. The number of nitrogens with zero attached hydrogens (tertiary/aromatic N) is 1. The van der Waals surface area contributed by atoms with Crippen LogP contribution in [0.4, 0.5) is 0 Å². The molecule has 3 nitrogen and oxygen atoms in total. The van der Waals surface area contributed by atoms with Gasteiger partial charge in [0.25, 0.3) is 0 Å². The number of carbonyl (C=O) groups is 1. The molecule has 1 amide bonds. The lowest BCUT2D eigenvalue weighted by molar-refractivity contribution is -0.129. The minimum absolute atomic E-state index is 0.132. The molecule has 3 aromatic carbocycles. The van der Waals surface area contributed by atoms with Crippen LogP contribution < -0.4 is 0 Å². The Kier molecular flexibility index (Phi) is 6.37. The zero-order valence-electron chi connectivity index (χ0n) is 15.8. The van der Waals surface area contributed by atoms with E-state index < -0.39 is 0 Å². The predicted octanol–water partition coefficient (Wildman–Crippen LogP) is 6.25. The fourth-order valence-electron chi connectivity index (χ4n) is 3.28. The number of nitrogens with one attached hydrogen (secondary N) is 1. The van der Waals surface area contributed by atoms with Crippen molar-refractivity contribution in [3.63, 3.8) is 0 Å². The number of amides is 1. The number of aromatic amines is 1. The number of thioether (sulfide) groups is 1. The topological polar surface area (TPSA) is 36.1 Å². The number of aromatic nitrogens is 1. The van der Waals surface area contributed by atoms with Gasteiger partial charge in [0.1, 0.15) is 0 Å². The summed E-state index contributed by atoms with van der Waals surface area (Å²) >= 11 is 5.15. The van der Waals surface area contributed by atoms with Gasteiger partial charge in [0.15, 0.2) is 0 Å². The van der Waals surface area contributed by atoms with Crippen molar-refractivity contribution >= 4 is 44.5 Å². The van der Waals surface area contributed by atoms with Crippen molar-refractivity contribution in [2.75, 3.05) is 5.75 Å². The molecular formula is C24H21BrN2OS. The largest absolute Gasteiger partial charge is 0.359 e. The molecule has 29 heavy (non-hydrogen) atoms. The lowest BCUT2D eigenvalue weighted by Gasteiger charge is -2.23. The molecule has 0 aliphatic carbocycles. The van der Waals surface area contributed by atoms with E-state index in [0.29, 0.717) is 18.8 Å². The average molecular weight is 465 g/mol. The maximum absolute atomic E-state index is 13.1. The maximum atomic E-state index is 13.1. The van der Waals surface area contributed by atoms with Crippen LogP contribution in [0.15, 0.2) is 94.4 Å². The van der Waals surface area contributed by atoms with Gasteiger partial charge in [-0.25, -0.2) is 0 Å². The highest BCUT2D eigenvalue weighted by Gasteiger charge is 2.16. The molecule has 0 bridgehead atoms. The molecule has 5 heteroatoms. The SMILES string of the molecule is O=C(CSc1c[nH]c2c(Br)cccc12)N(Cc1ccccc1)Cc1ccccc1. The normalized spacial score (nSPS) is 10.9. The van der Waals surface area contributed by atoms with Crippen molar-refractivity contribution in [1.82, 2.24) is 9.88 Å². The van der Waals surface area contributed by atoms with Gasteiger partial charge in [-0.15, -0.1) is 11.8 Å². The molecule has 0 saturated heterocycles. The molecule has 4 rings (SSSR count). The summed E-state index contributed by atoms with van der Waals surface area (Å²) in [4.78, 5) is 19.5. The van der Waals surface area contributed by atoms with Crippen molar-refractivity contribution in [1.29, 1.82) is 0 Å². The lowest BCUT2D eigenvalue weighted by atomic mass is 10.1. The molecule has 0 aliphatic heterocycles. The van der Waals surface area contributed by atoms with Crippen molar-refractivity contribution in [3.8, 4) is 0 Å². The molecule has 1 heterocycles. The van der Waals surface area contributed by atoms with E-state index in [2.05, 4.69) is 51.2 Å². The summed E-state index contributed by atoms with van der Waals surface area (Å²) in [7, 11) is 0. The first-order chi connectivity index (χ1) is 14.2. The Bertz CT molecular complexity index is 1050. The Balaban J connectivity index is 1.50. The molecular weight excluding hydrogens is 444 g/mol. The summed E-state index contributed by atoms with van der Waals surface area (Å²) < 4.78 is 1.03. The number of benzene rings is 3. The first-order valence-electron chi connectivity index (χ1n) is 9.45. The third-order valence-electron chi connectivity index (χ3n) is 4.76. The van der Waals surface area contributed by atoms with Crippen LogP contribution in [0.1, 0.15) is 11.1 Å². The van der Waals surface area contributed by atoms with Gasteiger partial charge < -0.3 is 9.88 Å². The van der Waals surface area contributed by atoms with Gasteiger partial charge in [-0.1, -0.05) is 72.8 Å². The smallest absolute Gasteiger partial charge is 0.233 e. The number of H-pyrrole nitrogens is 1. The summed E-state index contributed by atoms with van der Waals surface area (Å²) in [5.74, 6) is 0.533. The van der Waals surface area contributed by atoms with Gasteiger partial charge in [-0.2, -0.15) is 0 Å². The van der Waals surface area contributed by atoms with E-state index in [1.54, 1.807) is 11.8 Å². The lowest BCUT2D eigenvalue weighted by Crippen LogP contribution is -2.31. The number of para-hydroxylation sites is 1. The van der Waals surface area contributed by atoms with Gasteiger partial charge in [-0.3, -0.25) is 4.79 Å². The van der Waals surface area contributed by atoms with Crippen LogP contribution in [-0.4, -0.2) is 21.5 Å². The van der Waals surface area contributed by atoms with E-state index in [9.17, 15) is 4.79 Å². The van der Waals surface area contributed by atoms with Crippen molar-refractivity contribution < 1.29 is 4.79 Å². The fraction of sp³-hybridized carbons (Fsp3) is 0.125. The second kappa shape index (κ2) is 9.33. The van der Waals surface area contributed by atoms with E-state index in [0.717, 1.165) is 31.4 Å². The van der Waals surface area contributed by atoms with Crippen LogP contribution in [0.25, 0.3) is 10.9 Å². The Morgan fingerprint density at radius 2 is 1.48 bits per heavy atom. The number of rotatable bonds is 7. The Morgan fingerprint density at radius 1 is 0.862 bits per heavy atom. The fourth-order valence-corrected chi connectivity index (χ4v) is 4.69. The molecule has 0 unspecified atom stereocenters. The highest BCUT2D eigenvalue weighted by molar-refractivity contribution is 9.10. The number of halogens is 1. The van der Waals surface area contributed by atoms with Crippen LogP contribution in [-0.2, 0) is 17.9 Å². The van der Waals surface area contributed by atoms with E-state index in [1.807, 2.05) is 59.6 Å². The first kappa shape index (κ1) is 19.8. The molecule has 1 aromatic heterocycles. The minimum atomic E-state index is 0.132. The van der Waals surface area contributed by atoms with Gasteiger partial charge in [-0.05, 0) is 33.1 Å². The van der Waals surface area contributed by atoms with Gasteiger partial charge in [0.2, 0.25) is 5.91 Å². The Labute approximate surface area is 183 Å². The summed E-state index contributed by atoms with van der Waals surface area (Å²) in [6.07, 6.45) is 1.98. The molecule has 0 atom stereocenters. The number of carbonyl (C=O) groups excluding carboxylic acids is 1. The van der Waals surface area contributed by atoms with Crippen LogP contribution >= 0.6 is 27.7 Å². The van der Waals surface area contributed by atoms with Crippen molar-refractivity contribution in [3.05, 3.63) is 101 Å². The van der Waals surface area contributed by atoms with Crippen LogP contribution in [0.3, 0.4) is 0 Å². The zero-order chi connectivity index (χ0) is 20.1. The molecule has 4 aromatic rings. The Hall–Kier alpha value is -2.50. The highest BCUT2D eigenvalue weighted by Crippen LogP contribution is 2.32. The zero-order valence-corrected chi connectivity index (χ0v) is 18.2. The Morgan fingerprint density at radius 3 is 2.10 bits per heavy atom. The summed E-state index contributed by atoms with van der Waals surface area (Å²) in [5.41, 5.74) is 3.34. The van der Waals surface area contributed by atoms with E-state index in [-0.39, 0.29) is 5.91 Å². The van der Waals surface area contributed by atoms with Crippen LogP contribution in [0.5, 0.6) is 0 Å². The van der Waals surface area contributed by atoms with Crippen LogP contribution in [0.2, 0.25) is 0 Å². The highest BCUT2D eigenvalue weighted by atomic mass is 79.9. The van der Waals surface area contributed by atoms with Gasteiger partial charge in [0.05, 0.1) is 11.3 Å². The van der Waals surface area contributed by atoms with E-state index in [1.165, 1.54) is 0 Å². The number of fused-ring (bicyclic) bond motifs is 1. The molecule has 0 radical (unpaired) electrons. The third kappa shape index (κ3) is 4.92. The van der Waals surface area contributed by atoms with E-state index in [4.69, 9.17) is 0 Å².